The van der Waals surface area contributed by atoms with Crippen LogP contribution in [0, 0.1) is 10.1 Å². The van der Waals surface area contributed by atoms with Gasteiger partial charge in [-0.15, -0.1) is 0 Å². The molecule has 0 aromatic heterocycles. The minimum Gasteiger partial charge on any atom is -0.444 e. The summed E-state index contributed by atoms with van der Waals surface area (Å²) in [6, 6.07) is 6.95. The van der Waals surface area contributed by atoms with Gasteiger partial charge in [-0.3, -0.25) is 10.1 Å². The third-order valence-corrected chi connectivity index (χ3v) is 5.94. The van der Waals surface area contributed by atoms with Crippen LogP contribution in [0.4, 0.5) is 10.5 Å². The molecule has 1 saturated heterocycles. The van der Waals surface area contributed by atoms with Gasteiger partial charge in [0.25, 0.3) is 5.69 Å². The van der Waals surface area contributed by atoms with Crippen LogP contribution >= 0.6 is 0 Å². The number of hydrogen-bond donors (Lipinski definition) is 0. The van der Waals surface area contributed by atoms with E-state index in [4.69, 9.17) is 4.74 Å². The van der Waals surface area contributed by atoms with E-state index in [1.54, 1.807) is 12.1 Å². The Bertz CT molecular complexity index is 721. The van der Waals surface area contributed by atoms with E-state index in [1.807, 2.05) is 31.7 Å². The number of carbonyl (C=O) groups is 1. The molecule has 2 aliphatic rings. The van der Waals surface area contributed by atoms with Gasteiger partial charge < -0.3 is 9.64 Å². The molecule has 1 amide bonds. The SMILES string of the molecule is CCC1(C2(c3cccc([N+](=O)[O-])c3)CC2)CCCN1C(=O)OC(C)(C)C. The Hall–Kier alpha value is -2.11. The third kappa shape index (κ3) is 2.95. The van der Waals surface area contributed by atoms with E-state index in [0.29, 0.717) is 6.54 Å². The first-order valence-corrected chi connectivity index (χ1v) is 9.41. The molecule has 1 unspecified atom stereocenters. The highest BCUT2D eigenvalue weighted by molar-refractivity contribution is 5.71. The van der Waals surface area contributed by atoms with Crippen LogP contribution in [0.25, 0.3) is 0 Å². The molecule has 0 spiro atoms. The maximum atomic E-state index is 12.9. The number of nitro benzene ring substituents is 1. The molecule has 6 nitrogen and oxygen atoms in total. The van der Waals surface area contributed by atoms with E-state index in [9.17, 15) is 14.9 Å². The molecular weight excluding hydrogens is 332 g/mol. The smallest absolute Gasteiger partial charge is 0.410 e. The number of likely N-dealkylation sites (tertiary alicyclic amines) is 1. The van der Waals surface area contributed by atoms with Crippen LogP contribution in [0.1, 0.15) is 65.4 Å². The molecule has 6 heteroatoms. The summed E-state index contributed by atoms with van der Waals surface area (Å²) >= 11 is 0. The number of rotatable bonds is 4. The van der Waals surface area contributed by atoms with Crippen molar-refractivity contribution < 1.29 is 14.5 Å². The Morgan fingerprint density at radius 2 is 2.00 bits per heavy atom. The molecule has 1 atom stereocenters. The van der Waals surface area contributed by atoms with Crippen LogP contribution in [0.5, 0.6) is 0 Å². The Morgan fingerprint density at radius 1 is 1.31 bits per heavy atom. The van der Waals surface area contributed by atoms with Crippen LogP contribution in [-0.4, -0.2) is 33.6 Å². The number of nitro groups is 1. The van der Waals surface area contributed by atoms with Gasteiger partial charge in [-0.1, -0.05) is 19.1 Å². The summed E-state index contributed by atoms with van der Waals surface area (Å²) in [5.74, 6) is 0. The van der Waals surface area contributed by atoms with Crippen LogP contribution in [0.2, 0.25) is 0 Å². The Kier molecular flexibility index (Phi) is 4.49. The quantitative estimate of drug-likeness (QED) is 0.571. The van der Waals surface area contributed by atoms with Crippen molar-refractivity contribution in [2.75, 3.05) is 6.54 Å². The second-order valence-electron chi connectivity index (χ2n) is 8.51. The van der Waals surface area contributed by atoms with Crippen molar-refractivity contribution in [1.82, 2.24) is 4.90 Å². The normalized spacial score (nSPS) is 24.4. The minimum atomic E-state index is -0.540. The zero-order valence-electron chi connectivity index (χ0n) is 16.1. The van der Waals surface area contributed by atoms with E-state index in [1.165, 1.54) is 6.07 Å². The topological polar surface area (TPSA) is 72.7 Å². The summed E-state index contributed by atoms with van der Waals surface area (Å²) in [4.78, 5) is 25.7. The highest BCUT2D eigenvalue weighted by Crippen LogP contribution is 2.62. The van der Waals surface area contributed by atoms with Crippen molar-refractivity contribution in [3.8, 4) is 0 Å². The summed E-state index contributed by atoms with van der Waals surface area (Å²) in [5, 5.41) is 11.2. The molecule has 3 rings (SSSR count). The third-order valence-electron chi connectivity index (χ3n) is 5.94. The first-order valence-electron chi connectivity index (χ1n) is 9.41. The van der Waals surface area contributed by atoms with E-state index >= 15 is 0 Å². The number of carbonyl (C=O) groups excluding carboxylic acids is 1. The van der Waals surface area contributed by atoms with Gasteiger partial charge in [-0.2, -0.15) is 0 Å². The Morgan fingerprint density at radius 3 is 2.54 bits per heavy atom. The predicted octanol–water partition coefficient (Wildman–Crippen LogP) is 4.81. The largest absolute Gasteiger partial charge is 0.444 e. The fraction of sp³-hybridized carbons (Fsp3) is 0.650. The summed E-state index contributed by atoms with van der Waals surface area (Å²) in [5.41, 5.74) is 0.0125. The number of nitrogens with zero attached hydrogens (tertiary/aromatic N) is 2. The van der Waals surface area contributed by atoms with Gasteiger partial charge in [0, 0.05) is 24.1 Å². The van der Waals surface area contributed by atoms with Gasteiger partial charge in [0.2, 0.25) is 0 Å². The summed E-state index contributed by atoms with van der Waals surface area (Å²) in [7, 11) is 0. The molecule has 0 N–H and O–H groups in total. The molecule has 0 radical (unpaired) electrons. The molecule has 1 aromatic rings. The number of non-ortho nitro benzene ring substituents is 1. The molecule has 1 aliphatic heterocycles. The molecule has 2 fully saturated rings. The van der Waals surface area contributed by atoms with Gasteiger partial charge in [-0.25, -0.2) is 4.79 Å². The van der Waals surface area contributed by atoms with Gasteiger partial charge in [0.1, 0.15) is 5.60 Å². The van der Waals surface area contributed by atoms with Crippen LogP contribution in [-0.2, 0) is 10.2 Å². The molecule has 0 bridgehead atoms. The average molecular weight is 360 g/mol. The lowest BCUT2D eigenvalue weighted by Gasteiger charge is -2.45. The summed E-state index contributed by atoms with van der Waals surface area (Å²) in [6.07, 6.45) is 4.28. The van der Waals surface area contributed by atoms with Gasteiger partial charge in [0.05, 0.1) is 10.5 Å². The van der Waals surface area contributed by atoms with Crippen molar-refractivity contribution >= 4 is 11.8 Å². The molecule has 1 aromatic carbocycles. The van der Waals surface area contributed by atoms with E-state index in [-0.39, 0.29) is 27.7 Å². The monoisotopic (exact) mass is 360 g/mol. The summed E-state index contributed by atoms with van der Waals surface area (Å²) < 4.78 is 5.68. The van der Waals surface area contributed by atoms with Gasteiger partial charge in [-0.05, 0) is 58.4 Å². The van der Waals surface area contributed by atoms with E-state index < -0.39 is 5.60 Å². The Balaban J connectivity index is 1.99. The second kappa shape index (κ2) is 6.25. The minimum absolute atomic E-state index is 0.113. The van der Waals surface area contributed by atoms with Gasteiger partial charge >= 0.3 is 6.09 Å². The van der Waals surface area contributed by atoms with Crippen LogP contribution in [0.3, 0.4) is 0 Å². The zero-order valence-corrected chi connectivity index (χ0v) is 16.1. The second-order valence-corrected chi connectivity index (χ2v) is 8.51. The maximum Gasteiger partial charge on any atom is 0.410 e. The maximum absolute atomic E-state index is 12.9. The van der Waals surface area contributed by atoms with E-state index in [0.717, 1.165) is 37.7 Å². The lowest BCUT2D eigenvalue weighted by Crippen LogP contribution is -2.56. The molecular formula is C20H28N2O4. The average Bonchev–Trinajstić information content (AvgIpc) is 3.26. The standard InChI is InChI=1S/C20H28N2O4/c1-5-20(10-7-13-21(20)17(23)26-18(2,3)4)19(11-12-19)15-8-6-9-16(14-15)22(24)25/h6,8-9,14H,5,7,10-13H2,1-4H3. The fourth-order valence-corrected chi connectivity index (χ4v) is 4.73. The molecule has 26 heavy (non-hydrogen) atoms. The highest BCUT2D eigenvalue weighted by Gasteiger charge is 2.64. The van der Waals surface area contributed by atoms with Crippen molar-refractivity contribution in [3.63, 3.8) is 0 Å². The molecule has 1 heterocycles. The number of ether oxygens (including phenoxy) is 1. The van der Waals surface area contributed by atoms with Crippen molar-refractivity contribution in [3.05, 3.63) is 39.9 Å². The molecule has 1 saturated carbocycles. The van der Waals surface area contributed by atoms with Crippen molar-refractivity contribution in [2.45, 2.75) is 76.4 Å². The Labute approximate surface area is 154 Å². The summed E-state index contributed by atoms with van der Waals surface area (Å²) in [6.45, 7) is 8.42. The van der Waals surface area contributed by atoms with Crippen molar-refractivity contribution in [2.24, 2.45) is 0 Å². The lowest BCUT2D eigenvalue weighted by molar-refractivity contribution is -0.385. The zero-order chi connectivity index (χ0) is 19.2. The highest BCUT2D eigenvalue weighted by atomic mass is 16.6. The molecule has 142 valence electrons. The molecule has 1 aliphatic carbocycles. The number of hydrogen-bond acceptors (Lipinski definition) is 4. The van der Waals surface area contributed by atoms with Gasteiger partial charge in [0.15, 0.2) is 0 Å². The van der Waals surface area contributed by atoms with Crippen LogP contribution in [0.15, 0.2) is 24.3 Å². The fourth-order valence-electron chi connectivity index (χ4n) is 4.73. The van der Waals surface area contributed by atoms with Crippen LogP contribution < -0.4 is 0 Å². The lowest BCUT2D eigenvalue weighted by atomic mass is 9.72. The van der Waals surface area contributed by atoms with Crippen molar-refractivity contribution in [1.29, 1.82) is 0 Å². The first kappa shape index (κ1) is 18.7. The van der Waals surface area contributed by atoms with E-state index in [2.05, 4.69) is 6.92 Å². The predicted molar refractivity (Wildman–Crippen MR) is 99.2 cm³/mol. The first-order chi connectivity index (χ1) is 12.2. The number of amides is 1. The number of benzene rings is 1.